The van der Waals surface area contributed by atoms with Crippen molar-refractivity contribution in [2.24, 2.45) is 0 Å². The number of aromatic hydroxyl groups is 2. The molecule has 1 heterocycles. The van der Waals surface area contributed by atoms with Gasteiger partial charge < -0.3 is 14.6 Å². The molecule has 0 aliphatic carbocycles. The van der Waals surface area contributed by atoms with Crippen LogP contribution in [-0.2, 0) is 0 Å². The van der Waals surface area contributed by atoms with Crippen molar-refractivity contribution in [2.75, 3.05) is 0 Å². The lowest BCUT2D eigenvalue weighted by molar-refractivity contribution is 0.474. The number of hydrogen-bond acceptors (Lipinski definition) is 5. The molecule has 5 nitrogen and oxygen atoms in total. The fraction of sp³-hybridized carbons (Fsp3) is 0. The number of benzene rings is 2. The van der Waals surface area contributed by atoms with Crippen LogP contribution >= 0.6 is 0 Å². The minimum atomic E-state index is -0.0440. The van der Waals surface area contributed by atoms with Gasteiger partial charge in [-0.1, -0.05) is 0 Å². The van der Waals surface area contributed by atoms with Gasteiger partial charge in [0, 0.05) is 17.7 Å². The van der Waals surface area contributed by atoms with E-state index in [0.717, 1.165) is 0 Å². The fourth-order valence-electron chi connectivity index (χ4n) is 1.83. The number of rotatable bonds is 1. The van der Waals surface area contributed by atoms with Gasteiger partial charge in [0.15, 0.2) is 5.58 Å². The van der Waals surface area contributed by atoms with E-state index in [4.69, 9.17) is 9.68 Å². The van der Waals surface area contributed by atoms with Crippen molar-refractivity contribution in [1.82, 2.24) is 4.98 Å². The van der Waals surface area contributed by atoms with Gasteiger partial charge in [-0.15, -0.1) is 0 Å². The minimum Gasteiger partial charge on any atom is -0.508 e. The van der Waals surface area contributed by atoms with Gasteiger partial charge in [0.25, 0.3) is 0 Å². The van der Waals surface area contributed by atoms with Crippen LogP contribution in [0.2, 0.25) is 0 Å². The Bertz CT molecular complexity index is 798. The highest BCUT2D eigenvalue weighted by Crippen LogP contribution is 2.29. The summed E-state index contributed by atoms with van der Waals surface area (Å²) in [7, 11) is 0. The second-order valence-corrected chi connectivity index (χ2v) is 4.02. The van der Waals surface area contributed by atoms with E-state index in [-0.39, 0.29) is 17.1 Å². The van der Waals surface area contributed by atoms with Crippen LogP contribution in [0.25, 0.3) is 22.6 Å². The van der Waals surface area contributed by atoms with Crippen LogP contribution in [0.1, 0.15) is 5.56 Å². The van der Waals surface area contributed by atoms with Gasteiger partial charge >= 0.3 is 0 Å². The molecule has 3 rings (SSSR count). The third kappa shape index (κ3) is 1.85. The first-order chi connectivity index (χ1) is 9.17. The van der Waals surface area contributed by atoms with Crippen molar-refractivity contribution in [3.05, 3.63) is 42.0 Å². The van der Waals surface area contributed by atoms with Gasteiger partial charge in [-0.25, -0.2) is 4.98 Å². The van der Waals surface area contributed by atoms with Crippen molar-refractivity contribution in [1.29, 1.82) is 5.26 Å². The first-order valence-corrected chi connectivity index (χ1v) is 5.50. The van der Waals surface area contributed by atoms with E-state index >= 15 is 0 Å². The lowest BCUT2D eigenvalue weighted by Crippen LogP contribution is -1.79. The summed E-state index contributed by atoms with van der Waals surface area (Å²) in [5.41, 5.74) is 1.68. The van der Waals surface area contributed by atoms with E-state index in [2.05, 4.69) is 4.98 Å². The molecule has 0 radical (unpaired) electrons. The molecule has 0 fully saturated rings. The Balaban J connectivity index is 2.22. The summed E-state index contributed by atoms with van der Waals surface area (Å²) < 4.78 is 5.51. The number of phenols is 2. The predicted octanol–water partition coefficient (Wildman–Crippen LogP) is 2.78. The van der Waals surface area contributed by atoms with E-state index in [1.807, 2.05) is 6.07 Å². The first kappa shape index (κ1) is 11.1. The van der Waals surface area contributed by atoms with Gasteiger partial charge in [-0.05, 0) is 24.3 Å². The average Bonchev–Trinajstić information content (AvgIpc) is 2.82. The number of hydrogen-bond donors (Lipinski definition) is 2. The van der Waals surface area contributed by atoms with E-state index < -0.39 is 0 Å². The molecule has 0 saturated carbocycles. The van der Waals surface area contributed by atoms with E-state index in [1.165, 1.54) is 24.3 Å². The molecule has 19 heavy (non-hydrogen) atoms. The maximum atomic E-state index is 9.49. The van der Waals surface area contributed by atoms with Crippen LogP contribution in [0, 0.1) is 11.3 Å². The lowest BCUT2D eigenvalue weighted by Gasteiger charge is -1.94. The highest BCUT2D eigenvalue weighted by Gasteiger charge is 2.13. The third-order valence-corrected chi connectivity index (χ3v) is 2.71. The Morgan fingerprint density at radius 1 is 1.05 bits per heavy atom. The molecule has 2 aromatic carbocycles. The zero-order valence-electron chi connectivity index (χ0n) is 9.66. The number of nitriles is 1. The molecular weight excluding hydrogens is 244 g/mol. The van der Waals surface area contributed by atoms with Crippen molar-refractivity contribution in [2.45, 2.75) is 0 Å². The molecule has 0 saturated heterocycles. The van der Waals surface area contributed by atoms with E-state index in [0.29, 0.717) is 22.6 Å². The monoisotopic (exact) mass is 252 g/mol. The summed E-state index contributed by atoms with van der Waals surface area (Å²) in [6.45, 7) is 0. The second-order valence-electron chi connectivity index (χ2n) is 4.02. The molecule has 2 N–H and O–H groups in total. The summed E-state index contributed by atoms with van der Waals surface area (Å²) in [5, 5.41) is 27.7. The van der Waals surface area contributed by atoms with Crippen LogP contribution in [0.15, 0.2) is 40.8 Å². The highest BCUT2D eigenvalue weighted by molar-refractivity contribution is 5.83. The molecule has 0 amide bonds. The summed E-state index contributed by atoms with van der Waals surface area (Å²) in [5.74, 6) is 0.435. The molecule has 1 aromatic heterocycles. The predicted molar refractivity (Wildman–Crippen MR) is 67.5 cm³/mol. The minimum absolute atomic E-state index is 0.0440. The van der Waals surface area contributed by atoms with Crippen LogP contribution in [-0.4, -0.2) is 15.2 Å². The van der Waals surface area contributed by atoms with Gasteiger partial charge in [-0.2, -0.15) is 5.26 Å². The Labute approximate surface area is 108 Å². The molecule has 0 aliphatic rings. The second kappa shape index (κ2) is 4.03. The summed E-state index contributed by atoms with van der Waals surface area (Å²) in [6, 6.07) is 11.1. The number of fused-ring (bicyclic) bond motifs is 1. The topological polar surface area (TPSA) is 90.3 Å². The average molecular weight is 252 g/mol. The molecule has 0 aliphatic heterocycles. The molecular formula is C14H8N2O3. The third-order valence-electron chi connectivity index (χ3n) is 2.71. The SMILES string of the molecule is N#Cc1cc(O)cc2oc(-c3ccc(O)cc3)nc12. The maximum Gasteiger partial charge on any atom is 0.227 e. The lowest BCUT2D eigenvalue weighted by atomic mass is 10.2. The van der Waals surface area contributed by atoms with Crippen molar-refractivity contribution < 1.29 is 14.6 Å². The Morgan fingerprint density at radius 2 is 1.79 bits per heavy atom. The fourth-order valence-corrected chi connectivity index (χ4v) is 1.83. The molecule has 0 spiro atoms. The first-order valence-electron chi connectivity index (χ1n) is 5.50. The molecule has 0 atom stereocenters. The standard InChI is InChI=1S/C14H8N2O3/c15-7-9-5-11(18)6-12-13(9)16-14(19-12)8-1-3-10(17)4-2-8/h1-6,17-18H. The Morgan fingerprint density at radius 3 is 2.47 bits per heavy atom. The summed E-state index contributed by atoms with van der Waals surface area (Å²) in [4.78, 5) is 4.24. The molecule has 0 unspecified atom stereocenters. The van der Waals surface area contributed by atoms with Crippen LogP contribution in [0.4, 0.5) is 0 Å². The van der Waals surface area contributed by atoms with Gasteiger partial charge in [-0.3, -0.25) is 0 Å². The Kier molecular flexibility index (Phi) is 2.36. The summed E-state index contributed by atoms with van der Waals surface area (Å²) in [6.07, 6.45) is 0. The zero-order valence-corrected chi connectivity index (χ0v) is 9.66. The van der Waals surface area contributed by atoms with E-state index in [1.54, 1.807) is 12.1 Å². The number of phenolic OH excluding ortho intramolecular Hbond substituents is 2. The quantitative estimate of drug-likeness (QED) is 0.694. The van der Waals surface area contributed by atoms with Gasteiger partial charge in [0.2, 0.25) is 5.89 Å². The molecule has 0 bridgehead atoms. The van der Waals surface area contributed by atoms with Crippen molar-refractivity contribution in [3.63, 3.8) is 0 Å². The number of oxazole rings is 1. The zero-order chi connectivity index (χ0) is 13.4. The number of nitrogens with zero attached hydrogens (tertiary/aromatic N) is 2. The van der Waals surface area contributed by atoms with Crippen LogP contribution in [0.3, 0.4) is 0 Å². The van der Waals surface area contributed by atoms with Crippen LogP contribution in [0.5, 0.6) is 11.5 Å². The molecule has 5 heteroatoms. The van der Waals surface area contributed by atoms with Crippen LogP contribution < -0.4 is 0 Å². The Hall–Kier alpha value is -3.00. The van der Waals surface area contributed by atoms with E-state index in [9.17, 15) is 10.2 Å². The number of aromatic nitrogens is 1. The summed E-state index contributed by atoms with van der Waals surface area (Å²) >= 11 is 0. The van der Waals surface area contributed by atoms with Gasteiger partial charge in [0.05, 0.1) is 5.56 Å². The van der Waals surface area contributed by atoms with Crippen molar-refractivity contribution in [3.8, 4) is 29.0 Å². The van der Waals surface area contributed by atoms with Gasteiger partial charge in [0.1, 0.15) is 23.1 Å². The van der Waals surface area contributed by atoms with Crippen molar-refractivity contribution >= 4 is 11.1 Å². The molecule has 3 aromatic rings. The largest absolute Gasteiger partial charge is 0.508 e. The normalized spacial score (nSPS) is 10.5. The maximum absolute atomic E-state index is 9.49. The highest BCUT2D eigenvalue weighted by atomic mass is 16.3. The smallest absolute Gasteiger partial charge is 0.227 e. The molecule has 92 valence electrons.